The van der Waals surface area contributed by atoms with Crippen molar-refractivity contribution in [1.82, 2.24) is 5.32 Å². The highest BCUT2D eigenvalue weighted by Crippen LogP contribution is 2.30. The van der Waals surface area contributed by atoms with Crippen LogP contribution in [0, 0.1) is 5.82 Å². The number of hydrogen-bond acceptors (Lipinski definition) is 2. The van der Waals surface area contributed by atoms with Crippen molar-refractivity contribution in [3.05, 3.63) is 62.8 Å². The highest BCUT2D eigenvalue weighted by molar-refractivity contribution is 9.10. The van der Waals surface area contributed by atoms with Crippen LogP contribution in [0.1, 0.15) is 24.1 Å². The van der Waals surface area contributed by atoms with E-state index in [4.69, 9.17) is 16.3 Å². The van der Waals surface area contributed by atoms with Crippen molar-refractivity contribution in [2.45, 2.75) is 13.0 Å². The van der Waals surface area contributed by atoms with E-state index >= 15 is 0 Å². The maximum Gasteiger partial charge on any atom is 0.165 e. The highest BCUT2D eigenvalue weighted by Gasteiger charge is 2.16. The van der Waals surface area contributed by atoms with Crippen LogP contribution < -0.4 is 10.1 Å². The fraction of sp³-hybridized carbons (Fsp3) is 0.250. The third-order valence-corrected chi connectivity index (χ3v) is 3.81. The van der Waals surface area contributed by atoms with Crippen molar-refractivity contribution in [2.75, 3.05) is 13.7 Å². The van der Waals surface area contributed by atoms with Crippen molar-refractivity contribution in [3.63, 3.8) is 0 Å². The van der Waals surface area contributed by atoms with Gasteiger partial charge in [-0.15, -0.1) is 0 Å². The summed E-state index contributed by atoms with van der Waals surface area (Å²) in [4.78, 5) is 0. The Kier molecular flexibility index (Phi) is 5.62. The summed E-state index contributed by atoms with van der Waals surface area (Å²) in [5, 5.41) is 3.98. The van der Waals surface area contributed by atoms with E-state index in [1.54, 1.807) is 6.07 Å². The summed E-state index contributed by atoms with van der Waals surface area (Å²) < 4.78 is 19.8. The van der Waals surface area contributed by atoms with E-state index in [9.17, 15) is 4.39 Å². The van der Waals surface area contributed by atoms with Gasteiger partial charge >= 0.3 is 0 Å². The first-order valence-corrected chi connectivity index (χ1v) is 7.75. The molecule has 0 amide bonds. The first kappa shape index (κ1) is 16.3. The Morgan fingerprint density at radius 3 is 2.57 bits per heavy atom. The van der Waals surface area contributed by atoms with Gasteiger partial charge in [-0.3, -0.25) is 0 Å². The van der Waals surface area contributed by atoms with E-state index in [2.05, 4.69) is 21.2 Å². The smallest absolute Gasteiger partial charge is 0.165 e. The lowest BCUT2D eigenvalue weighted by molar-refractivity contribution is 0.385. The second-order valence-electron chi connectivity index (χ2n) is 4.59. The summed E-state index contributed by atoms with van der Waals surface area (Å²) in [6.07, 6.45) is 0. The Morgan fingerprint density at radius 1 is 1.24 bits per heavy atom. The number of benzene rings is 2. The van der Waals surface area contributed by atoms with Crippen LogP contribution in [0.15, 0.2) is 40.9 Å². The molecule has 0 spiro atoms. The van der Waals surface area contributed by atoms with Crippen molar-refractivity contribution in [1.29, 1.82) is 0 Å². The molecule has 0 aromatic heterocycles. The highest BCUT2D eigenvalue weighted by atomic mass is 79.9. The number of rotatable bonds is 5. The van der Waals surface area contributed by atoms with Crippen LogP contribution in [0.5, 0.6) is 5.75 Å². The fourth-order valence-electron chi connectivity index (χ4n) is 2.24. The van der Waals surface area contributed by atoms with Crippen molar-refractivity contribution in [3.8, 4) is 5.75 Å². The number of nitrogens with one attached hydrogen (secondary N) is 1. The quantitative estimate of drug-likeness (QED) is 0.802. The van der Waals surface area contributed by atoms with E-state index in [0.29, 0.717) is 5.02 Å². The predicted molar refractivity (Wildman–Crippen MR) is 87.6 cm³/mol. The van der Waals surface area contributed by atoms with E-state index in [1.165, 1.54) is 13.2 Å². The van der Waals surface area contributed by atoms with Crippen LogP contribution in [-0.2, 0) is 0 Å². The lowest BCUT2D eigenvalue weighted by atomic mass is 9.98. The molecule has 2 aromatic rings. The van der Waals surface area contributed by atoms with Crippen LogP contribution in [0.2, 0.25) is 5.02 Å². The monoisotopic (exact) mass is 371 g/mol. The molecule has 0 saturated heterocycles. The van der Waals surface area contributed by atoms with E-state index in [1.807, 2.05) is 31.2 Å². The predicted octanol–water partition coefficient (Wildman–Crippen LogP) is 4.95. The van der Waals surface area contributed by atoms with Crippen LogP contribution in [0.4, 0.5) is 4.39 Å². The molecule has 112 valence electrons. The average Bonchev–Trinajstić information content (AvgIpc) is 2.43. The second kappa shape index (κ2) is 7.25. The topological polar surface area (TPSA) is 21.3 Å². The van der Waals surface area contributed by atoms with Crippen LogP contribution in [0.25, 0.3) is 0 Å². The van der Waals surface area contributed by atoms with Gasteiger partial charge in [0.1, 0.15) is 0 Å². The summed E-state index contributed by atoms with van der Waals surface area (Å²) in [7, 11) is 1.45. The summed E-state index contributed by atoms with van der Waals surface area (Å²) in [6.45, 7) is 2.76. The van der Waals surface area contributed by atoms with Gasteiger partial charge in [0.2, 0.25) is 0 Å². The molecule has 1 N–H and O–H groups in total. The zero-order valence-electron chi connectivity index (χ0n) is 11.8. The molecule has 0 aliphatic heterocycles. The molecule has 2 aromatic carbocycles. The minimum Gasteiger partial charge on any atom is -0.494 e. The van der Waals surface area contributed by atoms with Gasteiger partial charge in [0, 0.05) is 9.50 Å². The van der Waals surface area contributed by atoms with Crippen LogP contribution >= 0.6 is 27.5 Å². The summed E-state index contributed by atoms with van der Waals surface area (Å²) in [5.74, 6) is -0.139. The van der Waals surface area contributed by atoms with Crippen LogP contribution in [0.3, 0.4) is 0 Å². The van der Waals surface area contributed by atoms with Gasteiger partial charge in [-0.25, -0.2) is 4.39 Å². The number of hydrogen-bond donors (Lipinski definition) is 1. The van der Waals surface area contributed by atoms with Crippen molar-refractivity contribution < 1.29 is 9.13 Å². The molecule has 0 aliphatic carbocycles. The lowest BCUT2D eigenvalue weighted by Gasteiger charge is -2.20. The summed E-state index contributed by atoms with van der Waals surface area (Å²) in [5.41, 5.74) is 1.80. The average molecular weight is 373 g/mol. The molecule has 0 fully saturated rings. The van der Waals surface area contributed by atoms with Gasteiger partial charge in [0.15, 0.2) is 11.6 Å². The maximum absolute atomic E-state index is 13.9. The fourth-order valence-corrected chi connectivity index (χ4v) is 3.12. The number of halogens is 3. The molecule has 21 heavy (non-hydrogen) atoms. The number of ether oxygens (including phenoxy) is 1. The third-order valence-electron chi connectivity index (χ3n) is 3.14. The largest absolute Gasteiger partial charge is 0.494 e. The molecule has 1 atom stereocenters. The number of methoxy groups -OCH3 is 1. The van der Waals surface area contributed by atoms with Gasteiger partial charge in [0.05, 0.1) is 13.2 Å². The zero-order chi connectivity index (χ0) is 15.4. The molecule has 5 heteroatoms. The van der Waals surface area contributed by atoms with Gasteiger partial charge in [-0.1, -0.05) is 40.5 Å². The summed E-state index contributed by atoms with van der Waals surface area (Å²) >= 11 is 9.54. The van der Waals surface area contributed by atoms with E-state index < -0.39 is 0 Å². The molecule has 0 saturated carbocycles. The van der Waals surface area contributed by atoms with Gasteiger partial charge < -0.3 is 10.1 Å². The Hall–Kier alpha value is -1.10. The minimum absolute atomic E-state index is 0.134. The van der Waals surface area contributed by atoms with Gasteiger partial charge in [0.25, 0.3) is 0 Å². The normalized spacial score (nSPS) is 12.2. The molecular weight excluding hydrogens is 357 g/mol. The Balaban J connectivity index is 2.45. The molecule has 1 unspecified atom stereocenters. The molecule has 2 rings (SSSR count). The van der Waals surface area contributed by atoms with Crippen LogP contribution in [-0.4, -0.2) is 13.7 Å². The Bertz CT molecular complexity index is 615. The second-order valence-corrected chi connectivity index (χ2v) is 5.94. The van der Waals surface area contributed by atoms with Crippen molar-refractivity contribution in [2.24, 2.45) is 0 Å². The van der Waals surface area contributed by atoms with Crippen molar-refractivity contribution >= 4 is 27.5 Å². The Labute approximate surface area is 137 Å². The van der Waals surface area contributed by atoms with Gasteiger partial charge in [-0.2, -0.15) is 0 Å². The SMILES string of the molecule is CCNC(c1cc(Cl)cc(Br)c1)c1ccc(OC)c(F)c1. The lowest BCUT2D eigenvalue weighted by Crippen LogP contribution is -2.22. The standard InChI is InChI=1S/C16H16BrClFNO/c1-3-20-16(11-6-12(17)9-13(18)7-11)10-4-5-15(21-2)14(19)8-10/h4-9,16,20H,3H2,1-2H3. The first-order valence-electron chi connectivity index (χ1n) is 6.58. The Morgan fingerprint density at radius 2 is 2.00 bits per heavy atom. The zero-order valence-corrected chi connectivity index (χ0v) is 14.1. The van der Waals surface area contributed by atoms with E-state index in [-0.39, 0.29) is 17.6 Å². The molecule has 0 bridgehead atoms. The molecule has 0 radical (unpaired) electrons. The molecule has 0 aliphatic rings. The minimum atomic E-state index is -0.376. The molecular formula is C16H16BrClFNO. The van der Waals surface area contributed by atoms with E-state index in [0.717, 1.165) is 22.1 Å². The summed E-state index contributed by atoms with van der Waals surface area (Å²) in [6, 6.07) is 10.5. The van der Waals surface area contributed by atoms with Gasteiger partial charge in [-0.05, 0) is 48.0 Å². The molecule has 2 nitrogen and oxygen atoms in total. The maximum atomic E-state index is 13.9. The molecule has 0 heterocycles. The first-order chi connectivity index (χ1) is 10.0. The third kappa shape index (κ3) is 3.96.